The lowest BCUT2D eigenvalue weighted by Crippen LogP contribution is -2.31. The predicted octanol–water partition coefficient (Wildman–Crippen LogP) is 4.40. The number of amides is 2. The molecule has 0 saturated carbocycles. The van der Waals surface area contributed by atoms with Gasteiger partial charge in [-0.25, -0.2) is 18.6 Å². The number of nitrogens with one attached hydrogen (secondary N) is 1. The zero-order valence-electron chi connectivity index (χ0n) is 17.3. The number of aromatic nitrogens is 2. The van der Waals surface area contributed by atoms with E-state index in [4.69, 9.17) is 0 Å². The molecule has 1 saturated heterocycles. The molecule has 6 nitrogen and oxygen atoms in total. The molecule has 0 aliphatic carbocycles. The van der Waals surface area contributed by atoms with Crippen molar-refractivity contribution in [2.75, 3.05) is 6.54 Å². The molecule has 2 atom stereocenters. The number of carbonyl (C=O) groups excluding carboxylic acids is 1. The Morgan fingerprint density at radius 1 is 1.39 bits per heavy atom. The van der Waals surface area contributed by atoms with E-state index < -0.39 is 23.7 Å². The molecule has 0 radical (unpaired) electrons. The second-order valence-corrected chi connectivity index (χ2v) is 7.18. The summed E-state index contributed by atoms with van der Waals surface area (Å²) in [6.45, 7) is 10.4. The number of nitrogens with zero attached hydrogens (tertiary/aromatic N) is 4. The number of hydrogen-bond acceptors (Lipinski definition) is 3. The van der Waals surface area contributed by atoms with E-state index in [0.29, 0.717) is 25.1 Å². The minimum Gasteiger partial charge on any atom is -0.337 e. The third kappa shape index (κ3) is 5.14. The van der Waals surface area contributed by atoms with Gasteiger partial charge in [-0.15, -0.1) is 0 Å². The zero-order valence-corrected chi connectivity index (χ0v) is 17.3. The topological polar surface area (TPSA) is 62.5 Å². The fourth-order valence-corrected chi connectivity index (χ4v) is 3.36. The van der Waals surface area contributed by atoms with Crippen LogP contribution in [0.5, 0.6) is 0 Å². The van der Waals surface area contributed by atoms with Crippen molar-refractivity contribution in [2.24, 2.45) is 4.99 Å². The first-order valence-electron chi connectivity index (χ1n) is 9.95. The summed E-state index contributed by atoms with van der Waals surface area (Å²) >= 11 is 0. The number of rotatable bonds is 9. The van der Waals surface area contributed by atoms with E-state index in [1.54, 1.807) is 30.8 Å². The lowest BCUT2D eigenvalue weighted by Gasteiger charge is -2.24. The quantitative estimate of drug-likeness (QED) is 0.605. The first-order valence-corrected chi connectivity index (χ1v) is 9.95. The highest BCUT2D eigenvalue weighted by Gasteiger charge is 2.39. The number of urea groups is 1. The number of aliphatic imine (C=N–C) groups is 1. The molecular formula is C23H25F2N5O. The van der Waals surface area contributed by atoms with E-state index in [0.717, 1.165) is 6.07 Å². The largest absolute Gasteiger partial charge is 0.337 e. The maximum absolute atomic E-state index is 14.7. The summed E-state index contributed by atoms with van der Waals surface area (Å²) in [5.41, 5.74) is 0.748. The Morgan fingerprint density at radius 3 is 2.90 bits per heavy atom. The van der Waals surface area contributed by atoms with Crippen LogP contribution in [0.3, 0.4) is 0 Å². The maximum Gasteiger partial charge on any atom is 0.323 e. The second-order valence-electron chi connectivity index (χ2n) is 7.18. The fraction of sp³-hybridized carbons (Fsp3) is 0.261. The predicted molar refractivity (Wildman–Crippen MR) is 117 cm³/mol. The lowest BCUT2D eigenvalue weighted by molar-refractivity contribution is 0.203. The fourth-order valence-electron chi connectivity index (χ4n) is 3.36. The van der Waals surface area contributed by atoms with Gasteiger partial charge in [0.2, 0.25) is 0 Å². The molecule has 2 heterocycles. The molecule has 2 aromatic rings. The number of aryl methyl sites for hydroxylation is 1. The minimum atomic E-state index is -0.991. The standard InChI is InChI=1S/C23H25F2N5O/c1-4-5-8-16(2)17(3)27-22-21(18-9-6-10-19(24)20(18)25)30(23(31)28-22)13-7-12-29-14-11-26-15-29/h4-6,8-11,14-15,17,21H,1-2,7,12-13H2,3H3,(H,27,28,31)/b8-5-. The van der Waals surface area contributed by atoms with Gasteiger partial charge in [0.15, 0.2) is 11.6 Å². The molecule has 1 aliphatic rings. The third-order valence-corrected chi connectivity index (χ3v) is 5.03. The van der Waals surface area contributed by atoms with Crippen LogP contribution in [0, 0.1) is 11.6 Å². The van der Waals surface area contributed by atoms with Crippen molar-refractivity contribution >= 4 is 11.9 Å². The smallest absolute Gasteiger partial charge is 0.323 e. The van der Waals surface area contributed by atoms with Gasteiger partial charge in [0.1, 0.15) is 11.9 Å². The number of hydrogen-bond donors (Lipinski definition) is 1. The maximum atomic E-state index is 14.7. The highest BCUT2D eigenvalue weighted by Crippen LogP contribution is 2.30. The van der Waals surface area contributed by atoms with E-state index >= 15 is 0 Å². The molecule has 2 amide bonds. The van der Waals surface area contributed by atoms with Crippen LogP contribution in [0.25, 0.3) is 0 Å². The van der Waals surface area contributed by atoms with E-state index in [1.807, 2.05) is 17.7 Å². The Balaban J connectivity index is 1.90. The van der Waals surface area contributed by atoms with Crippen LogP contribution in [0.4, 0.5) is 13.6 Å². The molecule has 162 valence electrons. The van der Waals surface area contributed by atoms with Gasteiger partial charge in [0, 0.05) is 31.0 Å². The van der Waals surface area contributed by atoms with Crippen molar-refractivity contribution in [3.8, 4) is 0 Å². The van der Waals surface area contributed by atoms with E-state index in [1.165, 1.54) is 17.0 Å². The Kier molecular flexibility index (Phi) is 7.12. The first-order chi connectivity index (χ1) is 14.9. The van der Waals surface area contributed by atoms with Crippen molar-refractivity contribution in [3.63, 3.8) is 0 Å². The Morgan fingerprint density at radius 2 is 2.19 bits per heavy atom. The number of imidazole rings is 1. The van der Waals surface area contributed by atoms with Crippen LogP contribution in [-0.2, 0) is 6.54 Å². The van der Waals surface area contributed by atoms with Gasteiger partial charge in [-0.05, 0) is 25.0 Å². The van der Waals surface area contributed by atoms with Gasteiger partial charge >= 0.3 is 6.03 Å². The molecular weight excluding hydrogens is 400 g/mol. The Bertz CT molecular complexity index is 1010. The number of amidine groups is 1. The molecule has 1 aliphatic heterocycles. The zero-order chi connectivity index (χ0) is 22.4. The third-order valence-electron chi connectivity index (χ3n) is 5.03. The summed E-state index contributed by atoms with van der Waals surface area (Å²) in [5, 5.41) is 2.73. The molecule has 1 fully saturated rings. The second kappa shape index (κ2) is 9.97. The van der Waals surface area contributed by atoms with Gasteiger partial charge in [-0.2, -0.15) is 0 Å². The van der Waals surface area contributed by atoms with E-state index in [-0.39, 0.29) is 17.4 Å². The average Bonchev–Trinajstić information content (AvgIpc) is 3.36. The van der Waals surface area contributed by atoms with Crippen LogP contribution in [-0.4, -0.2) is 38.9 Å². The molecule has 1 N–H and O–H groups in total. The van der Waals surface area contributed by atoms with Gasteiger partial charge in [-0.3, -0.25) is 10.3 Å². The monoisotopic (exact) mass is 425 g/mol. The summed E-state index contributed by atoms with van der Waals surface area (Å²) in [5.74, 6) is -1.70. The van der Waals surface area contributed by atoms with Gasteiger partial charge in [0.25, 0.3) is 0 Å². The molecule has 2 unspecified atom stereocenters. The van der Waals surface area contributed by atoms with Crippen molar-refractivity contribution in [1.82, 2.24) is 19.8 Å². The highest BCUT2D eigenvalue weighted by molar-refractivity contribution is 6.07. The molecule has 31 heavy (non-hydrogen) atoms. The van der Waals surface area contributed by atoms with Crippen molar-refractivity contribution in [1.29, 1.82) is 0 Å². The number of carbonyl (C=O) groups is 1. The Hall–Kier alpha value is -3.55. The molecule has 0 bridgehead atoms. The van der Waals surface area contributed by atoms with E-state index in [2.05, 4.69) is 28.5 Å². The summed E-state index contributed by atoms with van der Waals surface area (Å²) in [6, 6.07) is 2.30. The molecule has 1 aromatic heterocycles. The number of benzene rings is 1. The Labute approximate surface area is 180 Å². The first kappa shape index (κ1) is 22.1. The van der Waals surface area contributed by atoms with Crippen LogP contribution in [0.2, 0.25) is 0 Å². The molecule has 0 spiro atoms. The molecule has 8 heteroatoms. The van der Waals surface area contributed by atoms with Crippen molar-refractivity contribution < 1.29 is 13.6 Å². The summed E-state index contributed by atoms with van der Waals surface area (Å²) in [6.07, 6.45) is 10.9. The summed E-state index contributed by atoms with van der Waals surface area (Å²) in [7, 11) is 0. The van der Waals surface area contributed by atoms with Gasteiger partial charge in [0.05, 0.1) is 12.4 Å². The van der Waals surface area contributed by atoms with Gasteiger partial charge < -0.3 is 9.47 Å². The average molecular weight is 425 g/mol. The van der Waals surface area contributed by atoms with Crippen molar-refractivity contribution in [2.45, 2.75) is 32.0 Å². The van der Waals surface area contributed by atoms with Crippen molar-refractivity contribution in [3.05, 3.63) is 91.1 Å². The SMILES string of the molecule is C=C/C=C\C(=C)C(C)N=C1NC(=O)N(CCCn2ccnc2)C1c1cccc(F)c1F. The minimum absolute atomic E-state index is 0.0548. The number of allylic oxidation sites excluding steroid dienone is 2. The summed E-state index contributed by atoms with van der Waals surface area (Å²) in [4.78, 5) is 22.8. The van der Waals surface area contributed by atoms with Gasteiger partial charge in [-0.1, -0.05) is 43.5 Å². The molecule has 3 rings (SSSR count). The normalized spacial score (nSPS) is 18.5. The number of halogens is 2. The van der Waals surface area contributed by atoms with Crippen LogP contribution >= 0.6 is 0 Å². The summed E-state index contributed by atoms with van der Waals surface area (Å²) < 4.78 is 30.5. The van der Waals surface area contributed by atoms with Crippen LogP contribution < -0.4 is 5.32 Å². The highest BCUT2D eigenvalue weighted by atomic mass is 19.2. The lowest BCUT2D eigenvalue weighted by atomic mass is 10.0. The van der Waals surface area contributed by atoms with Crippen LogP contribution in [0.1, 0.15) is 24.9 Å². The molecule has 1 aromatic carbocycles. The van der Waals surface area contributed by atoms with Crippen LogP contribution in [0.15, 0.2) is 78.9 Å². The van der Waals surface area contributed by atoms with E-state index in [9.17, 15) is 13.6 Å².